The van der Waals surface area contributed by atoms with Crippen LogP contribution in [0.2, 0.25) is 0 Å². The van der Waals surface area contributed by atoms with Crippen molar-refractivity contribution >= 4 is 0 Å². The van der Waals surface area contributed by atoms with Crippen molar-refractivity contribution in [1.82, 2.24) is 5.32 Å². The maximum atomic E-state index is 6.12. The fraction of sp³-hybridized carbons (Fsp3) is 0.625. The third kappa shape index (κ3) is 4.22. The van der Waals surface area contributed by atoms with E-state index < -0.39 is 0 Å². The normalized spacial score (nSPS) is 23.3. The number of hydrogen-bond acceptors (Lipinski definition) is 3. The zero-order valence-corrected chi connectivity index (χ0v) is 12.0. The first-order valence-electron chi connectivity index (χ1n) is 7.31. The first-order valence-corrected chi connectivity index (χ1v) is 7.31. The first-order chi connectivity index (χ1) is 9.33. The lowest BCUT2D eigenvalue weighted by Crippen LogP contribution is -2.43. The zero-order chi connectivity index (χ0) is 13.5. The molecular weight excluding hydrogens is 238 g/mol. The highest BCUT2D eigenvalue weighted by molar-refractivity contribution is 5.27. The molecule has 0 spiro atoms. The molecule has 1 aliphatic rings. The predicted molar refractivity (Wildman–Crippen MR) is 77.5 cm³/mol. The molecule has 3 nitrogen and oxygen atoms in total. The van der Waals surface area contributed by atoms with E-state index in [0.717, 1.165) is 12.3 Å². The third-order valence-electron chi connectivity index (χ3n) is 3.77. The summed E-state index contributed by atoms with van der Waals surface area (Å²) in [5.74, 6) is 0.896. The number of likely N-dealkylation sites (N-methyl/N-ethyl adjacent to an activating group) is 1. The van der Waals surface area contributed by atoms with Gasteiger partial charge >= 0.3 is 0 Å². The molecule has 0 aliphatic heterocycles. The van der Waals surface area contributed by atoms with Gasteiger partial charge in [0, 0.05) is 6.04 Å². The van der Waals surface area contributed by atoms with Gasteiger partial charge < -0.3 is 14.8 Å². The van der Waals surface area contributed by atoms with E-state index >= 15 is 0 Å². The lowest BCUT2D eigenvalue weighted by Gasteiger charge is -2.32. The molecular formula is C16H25NO2. The number of hydrogen-bond donors (Lipinski definition) is 1. The van der Waals surface area contributed by atoms with Gasteiger partial charge in [-0.15, -0.1) is 0 Å². The molecule has 2 atom stereocenters. The number of methoxy groups -OCH3 is 1. The molecule has 1 saturated carbocycles. The van der Waals surface area contributed by atoms with Crippen LogP contribution >= 0.6 is 0 Å². The largest absolute Gasteiger partial charge is 0.497 e. The Balaban J connectivity index is 1.88. The molecule has 1 N–H and O–H groups in total. The van der Waals surface area contributed by atoms with Crippen LogP contribution < -0.4 is 10.1 Å². The minimum atomic E-state index is 0.347. The molecule has 1 fully saturated rings. The highest BCUT2D eigenvalue weighted by Gasteiger charge is 2.24. The van der Waals surface area contributed by atoms with E-state index in [1.54, 1.807) is 7.11 Å². The Bertz CT molecular complexity index is 379. The number of ether oxygens (including phenoxy) is 2. The van der Waals surface area contributed by atoms with Crippen molar-refractivity contribution in [2.24, 2.45) is 0 Å². The van der Waals surface area contributed by atoms with Crippen LogP contribution in [-0.2, 0) is 11.3 Å². The van der Waals surface area contributed by atoms with Crippen LogP contribution in [0.15, 0.2) is 24.3 Å². The zero-order valence-electron chi connectivity index (χ0n) is 12.0. The fourth-order valence-corrected chi connectivity index (χ4v) is 2.76. The van der Waals surface area contributed by atoms with Gasteiger partial charge in [0.25, 0.3) is 0 Å². The Morgan fingerprint density at radius 3 is 2.89 bits per heavy atom. The van der Waals surface area contributed by atoms with Crippen molar-refractivity contribution in [1.29, 1.82) is 0 Å². The van der Waals surface area contributed by atoms with Crippen LogP contribution in [0.5, 0.6) is 5.75 Å². The second-order valence-electron chi connectivity index (χ2n) is 5.15. The van der Waals surface area contributed by atoms with Gasteiger partial charge in [-0.25, -0.2) is 0 Å². The Kier molecular flexibility index (Phi) is 5.67. The van der Waals surface area contributed by atoms with Crippen LogP contribution in [-0.4, -0.2) is 25.8 Å². The summed E-state index contributed by atoms with van der Waals surface area (Å²) >= 11 is 0. The van der Waals surface area contributed by atoms with E-state index in [1.165, 1.54) is 31.2 Å². The van der Waals surface area contributed by atoms with Gasteiger partial charge in [-0.1, -0.05) is 31.9 Å². The topological polar surface area (TPSA) is 30.5 Å². The maximum absolute atomic E-state index is 6.12. The van der Waals surface area contributed by atoms with Gasteiger partial charge in [-0.2, -0.15) is 0 Å². The summed E-state index contributed by atoms with van der Waals surface area (Å²) in [6, 6.07) is 8.63. The van der Waals surface area contributed by atoms with Crippen molar-refractivity contribution in [3.05, 3.63) is 29.8 Å². The summed E-state index contributed by atoms with van der Waals surface area (Å²) in [5.41, 5.74) is 1.18. The molecule has 106 valence electrons. The minimum absolute atomic E-state index is 0.347. The maximum Gasteiger partial charge on any atom is 0.119 e. The van der Waals surface area contributed by atoms with Crippen molar-refractivity contribution < 1.29 is 9.47 Å². The summed E-state index contributed by atoms with van der Waals surface area (Å²) in [4.78, 5) is 0. The van der Waals surface area contributed by atoms with E-state index in [2.05, 4.69) is 18.3 Å². The molecule has 19 heavy (non-hydrogen) atoms. The van der Waals surface area contributed by atoms with Crippen LogP contribution in [0.4, 0.5) is 0 Å². The monoisotopic (exact) mass is 263 g/mol. The van der Waals surface area contributed by atoms with Crippen molar-refractivity contribution in [2.45, 2.75) is 51.4 Å². The van der Waals surface area contributed by atoms with Crippen LogP contribution in [0, 0.1) is 0 Å². The number of rotatable bonds is 6. The first kappa shape index (κ1) is 14.4. The number of nitrogens with one attached hydrogen (secondary N) is 1. The summed E-state index contributed by atoms with van der Waals surface area (Å²) in [5, 5.41) is 3.54. The van der Waals surface area contributed by atoms with Gasteiger partial charge in [0.05, 0.1) is 19.8 Å². The van der Waals surface area contributed by atoms with Crippen molar-refractivity contribution in [3.63, 3.8) is 0 Å². The molecule has 0 saturated heterocycles. The molecule has 0 heterocycles. The smallest absolute Gasteiger partial charge is 0.119 e. The third-order valence-corrected chi connectivity index (χ3v) is 3.77. The Hall–Kier alpha value is -1.06. The van der Waals surface area contributed by atoms with Crippen LogP contribution in [0.25, 0.3) is 0 Å². The van der Waals surface area contributed by atoms with E-state index in [1.807, 2.05) is 18.2 Å². The average molecular weight is 263 g/mol. The number of benzene rings is 1. The van der Waals surface area contributed by atoms with Gasteiger partial charge in [0.2, 0.25) is 0 Å². The standard InChI is InChI=1S/C16H25NO2/c1-3-17-15-9-4-5-10-16(15)19-12-13-7-6-8-14(11-13)18-2/h6-8,11,15-17H,3-5,9-10,12H2,1-2H3. The minimum Gasteiger partial charge on any atom is -0.497 e. The Labute approximate surface area is 116 Å². The summed E-state index contributed by atoms with van der Waals surface area (Å²) in [6.45, 7) is 3.85. The summed E-state index contributed by atoms with van der Waals surface area (Å²) in [6.07, 6.45) is 5.35. The quantitative estimate of drug-likeness (QED) is 0.855. The van der Waals surface area contributed by atoms with Crippen molar-refractivity contribution in [3.8, 4) is 5.75 Å². The molecule has 0 amide bonds. The second kappa shape index (κ2) is 7.51. The van der Waals surface area contributed by atoms with E-state index in [-0.39, 0.29) is 0 Å². The molecule has 1 aromatic carbocycles. The van der Waals surface area contributed by atoms with Gasteiger partial charge in [-0.3, -0.25) is 0 Å². The molecule has 3 heteroatoms. The predicted octanol–water partition coefficient (Wildman–Crippen LogP) is 3.13. The molecule has 2 unspecified atom stereocenters. The summed E-state index contributed by atoms with van der Waals surface area (Å²) < 4.78 is 11.4. The fourth-order valence-electron chi connectivity index (χ4n) is 2.76. The average Bonchev–Trinajstić information content (AvgIpc) is 2.47. The van der Waals surface area contributed by atoms with Gasteiger partial charge in [-0.05, 0) is 37.1 Å². The molecule has 0 aromatic heterocycles. The van der Waals surface area contributed by atoms with E-state index in [9.17, 15) is 0 Å². The molecule has 2 rings (SSSR count). The van der Waals surface area contributed by atoms with E-state index in [4.69, 9.17) is 9.47 Å². The van der Waals surface area contributed by atoms with Crippen molar-refractivity contribution in [2.75, 3.05) is 13.7 Å². The molecule has 0 bridgehead atoms. The van der Waals surface area contributed by atoms with Gasteiger partial charge in [0.1, 0.15) is 5.75 Å². The van der Waals surface area contributed by atoms with Gasteiger partial charge in [0.15, 0.2) is 0 Å². The SMILES string of the molecule is CCNC1CCCCC1OCc1cccc(OC)c1. The highest BCUT2D eigenvalue weighted by Crippen LogP contribution is 2.23. The molecule has 0 radical (unpaired) electrons. The highest BCUT2D eigenvalue weighted by atomic mass is 16.5. The lowest BCUT2D eigenvalue weighted by atomic mass is 9.92. The second-order valence-corrected chi connectivity index (χ2v) is 5.15. The Morgan fingerprint density at radius 2 is 2.11 bits per heavy atom. The lowest BCUT2D eigenvalue weighted by molar-refractivity contribution is -0.00509. The molecule has 1 aliphatic carbocycles. The van der Waals surface area contributed by atoms with Crippen LogP contribution in [0.3, 0.4) is 0 Å². The Morgan fingerprint density at radius 1 is 1.26 bits per heavy atom. The molecule has 1 aromatic rings. The summed E-state index contributed by atoms with van der Waals surface area (Å²) in [7, 11) is 1.70. The van der Waals surface area contributed by atoms with E-state index in [0.29, 0.717) is 18.8 Å². The van der Waals surface area contributed by atoms with Crippen LogP contribution in [0.1, 0.15) is 38.2 Å².